The van der Waals surface area contributed by atoms with E-state index in [4.69, 9.17) is 38.7 Å². The molecular formula is C102H66N6O2. The maximum Gasteiger partial charge on any atom is 0.164 e. The summed E-state index contributed by atoms with van der Waals surface area (Å²) in [7, 11) is 0. The number of hydrogen-bond donors (Lipinski definition) is 0. The van der Waals surface area contributed by atoms with Crippen molar-refractivity contribution in [1.29, 1.82) is 0 Å². The number of fused-ring (bicyclic) bond motifs is 6. The Labute approximate surface area is 636 Å². The highest BCUT2D eigenvalue weighted by atomic mass is 16.3. The first-order valence-corrected chi connectivity index (χ1v) is 36.9. The standard InChI is InChI=1S/2C51H33N3O/c1-4-15-34(16-5-1)37-21-12-25-41(31-37)44-30-29-43(47-45-27-10-11-28-46(45)55-48(44)47)40-24-13-22-38(32-40)39-23-14-26-42(33-39)51-53-49(35-17-6-2-7-18-35)52-50(54-51)36-19-8-3-9-20-36;1-4-15-34(16-5-1)44-30-29-43(47-45-27-10-11-28-46(45)55-48(44)47)41-25-13-23-39(32-41)37-21-12-22-38(31-37)40-24-14-26-42(33-40)51-53-49(35-17-6-2-7-18-35)52-50(54-51)36-19-8-3-9-20-36/h2*1-33H. The molecule has 0 saturated carbocycles. The zero-order chi connectivity index (χ0) is 73.1. The van der Waals surface area contributed by atoms with E-state index >= 15 is 0 Å². The van der Waals surface area contributed by atoms with Gasteiger partial charge in [-0.05, 0) is 139 Å². The molecule has 0 aliphatic heterocycles. The van der Waals surface area contributed by atoms with Crippen molar-refractivity contribution in [3.05, 3.63) is 400 Å². The molecule has 20 aromatic rings. The fourth-order valence-corrected chi connectivity index (χ4v) is 14.9. The third-order valence-electron chi connectivity index (χ3n) is 20.3. The minimum Gasteiger partial charge on any atom is -0.455 e. The molecule has 0 radical (unpaired) electrons. The summed E-state index contributed by atoms with van der Waals surface area (Å²) >= 11 is 0. The van der Waals surface area contributed by atoms with E-state index in [1.54, 1.807) is 0 Å². The van der Waals surface area contributed by atoms with E-state index in [2.05, 4.69) is 255 Å². The van der Waals surface area contributed by atoms with Crippen LogP contribution in [0.2, 0.25) is 0 Å². The Bertz CT molecular complexity index is 6650. The Kier molecular flexibility index (Phi) is 17.5. The highest BCUT2D eigenvalue weighted by molar-refractivity contribution is 6.18. The molecule has 0 atom stereocenters. The van der Waals surface area contributed by atoms with Crippen LogP contribution in [0.25, 0.3) is 201 Å². The highest BCUT2D eigenvalue weighted by Crippen LogP contribution is 2.46. The van der Waals surface area contributed by atoms with Crippen molar-refractivity contribution in [3.8, 4) is 157 Å². The smallest absolute Gasteiger partial charge is 0.164 e. The minimum atomic E-state index is 0.629. The summed E-state index contributed by atoms with van der Waals surface area (Å²) in [5.41, 5.74) is 27.1. The molecule has 0 fully saturated rings. The van der Waals surface area contributed by atoms with Crippen LogP contribution in [-0.4, -0.2) is 29.9 Å². The van der Waals surface area contributed by atoms with Crippen LogP contribution in [0.5, 0.6) is 0 Å². The van der Waals surface area contributed by atoms with Gasteiger partial charge in [-0.1, -0.05) is 340 Å². The van der Waals surface area contributed by atoms with Gasteiger partial charge in [-0.15, -0.1) is 0 Å². The van der Waals surface area contributed by atoms with Crippen LogP contribution in [0.4, 0.5) is 0 Å². The van der Waals surface area contributed by atoms with Gasteiger partial charge in [-0.3, -0.25) is 0 Å². The van der Waals surface area contributed by atoms with Gasteiger partial charge in [0, 0.05) is 66.1 Å². The average Bonchev–Trinajstić information content (AvgIpc) is 1.58. The number of furan rings is 2. The maximum atomic E-state index is 6.69. The number of aromatic nitrogens is 6. The van der Waals surface area contributed by atoms with Gasteiger partial charge in [0.2, 0.25) is 0 Å². The second kappa shape index (κ2) is 29.2. The molecule has 0 aliphatic carbocycles. The lowest BCUT2D eigenvalue weighted by molar-refractivity contribution is 0.669. The number of hydrogen-bond acceptors (Lipinski definition) is 8. The first kappa shape index (κ1) is 65.9. The maximum absolute atomic E-state index is 6.69. The van der Waals surface area contributed by atoms with Crippen LogP contribution in [0.15, 0.2) is 409 Å². The summed E-state index contributed by atoms with van der Waals surface area (Å²) in [5.74, 6) is 3.84. The second-order valence-electron chi connectivity index (χ2n) is 27.2. The van der Waals surface area contributed by atoms with E-state index in [0.717, 1.165) is 155 Å². The normalized spacial score (nSPS) is 11.3. The van der Waals surface area contributed by atoms with E-state index in [0.29, 0.717) is 34.9 Å². The van der Waals surface area contributed by atoms with Gasteiger partial charge in [0.05, 0.1) is 0 Å². The Morgan fingerprint density at radius 3 is 0.691 bits per heavy atom. The summed E-state index contributed by atoms with van der Waals surface area (Å²) in [6.45, 7) is 0. The zero-order valence-corrected chi connectivity index (χ0v) is 59.6. The van der Waals surface area contributed by atoms with Crippen molar-refractivity contribution < 1.29 is 8.83 Å². The van der Waals surface area contributed by atoms with Crippen LogP contribution in [0.1, 0.15) is 0 Å². The van der Waals surface area contributed by atoms with Crippen LogP contribution < -0.4 is 0 Å². The second-order valence-corrected chi connectivity index (χ2v) is 27.2. The molecule has 0 spiro atoms. The third kappa shape index (κ3) is 13.2. The predicted octanol–water partition coefficient (Wildman–Crippen LogP) is 26.9. The van der Waals surface area contributed by atoms with Crippen molar-refractivity contribution in [2.24, 2.45) is 0 Å². The van der Waals surface area contributed by atoms with Crippen LogP contribution in [0.3, 0.4) is 0 Å². The molecule has 0 unspecified atom stereocenters. The van der Waals surface area contributed by atoms with Gasteiger partial charge in [0.25, 0.3) is 0 Å². The molecule has 4 heterocycles. The molecule has 0 saturated heterocycles. The first-order valence-electron chi connectivity index (χ1n) is 36.9. The van der Waals surface area contributed by atoms with E-state index in [-0.39, 0.29) is 0 Å². The third-order valence-corrected chi connectivity index (χ3v) is 20.3. The largest absolute Gasteiger partial charge is 0.455 e. The molecule has 0 amide bonds. The summed E-state index contributed by atoms with van der Waals surface area (Å²) in [5, 5.41) is 4.45. The Morgan fingerprint density at radius 2 is 0.355 bits per heavy atom. The Hall–Kier alpha value is -14.9. The minimum absolute atomic E-state index is 0.629. The molecule has 16 aromatic carbocycles. The van der Waals surface area contributed by atoms with Crippen LogP contribution >= 0.6 is 0 Å². The zero-order valence-electron chi connectivity index (χ0n) is 59.6. The number of benzene rings is 16. The molecule has 20 rings (SSSR count). The lowest BCUT2D eigenvalue weighted by Crippen LogP contribution is -2.00. The summed E-state index contributed by atoms with van der Waals surface area (Å²) in [6.07, 6.45) is 0. The van der Waals surface area contributed by atoms with Gasteiger partial charge in [-0.25, -0.2) is 29.9 Å². The average molecular weight is 1410 g/mol. The molecule has 8 nitrogen and oxygen atoms in total. The van der Waals surface area contributed by atoms with Gasteiger partial charge in [0.15, 0.2) is 34.9 Å². The van der Waals surface area contributed by atoms with E-state index in [1.165, 1.54) is 11.1 Å². The van der Waals surface area contributed by atoms with Crippen molar-refractivity contribution in [2.45, 2.75) is 0 Å². The predicted molar refractivity (Wildman–Crippen MR) is 450 cm³/mol. The molecular weight excluding hydrogens is 1340 g/mol. The van der Waals surface area contributed by atoms with E-state index in [9.17, 15) is 0 Å². The molecule has 4 aromatic heterocycles. The quantitative estimate of drug-likeness (QED) is 0.106. The molecule has 0 N–H and O–H groups in total. The van der Waals surface area contributed by atoms with Crippen LogP contribution in [-0.2, 0) is 0 Å². The lowest BCUT2D eigenvalue weighted by atomic mass is 9.92. The van der Waals surface area contributed by atoms with Crippen molar-refractivity contribution in [2.75, 3.05) is 0 Å². The Balaban J connectivity index is 0.000000149. The molecule has 110 heavy (non-hydrogen) atoms. The van der Waals surface area contributed by atoms with Gasteiger partial charge >= 0.3 is 0 Å². The van der Waals surface area contributed by atoms with Gasteiger partial charge < -0.3 is 8.83 Å². The highest BCUT2D eigenvalue weighted by Gasteiger charge is 2.22. The van der Waals surface area contributed by atoms with Crippen molar-refractivity contribution in [1.82, 2.24) is 29.9 Å². The number of nitrogens with zero attached hydrogens (tertiary/aromatic N) is 6. The van der Waals surface area contributed by atoms with Crippen molar-refractivity contribution >= 4 is 43.9 Å². The molecule has 0 aliphatic rings. The topological polar surface area (TPSA) is 104 Å². The number of rotatable bonds is 14. The lowest BCUT2D eigenvalue weighted by Gasteiger charge is -2.12. The SMILES string of the molecule is c1ccc(-c2cccc(-c3ccc(-c4cccc(-c5cccc(-c6nc(-c7ccccc7)nc(-c7ccccc7)n6)c5)c4)c4c3oc3ccccc34)c2)cc1.c1ccc(-c2nc(-c3ccccc3)nc(-c3cccc(-c4cccc(-c5cccc(-c6ccc(-c7ccccc7)c7oc8ccccc8c67)c5)c4)c3)n2)cc1. The molecule has 0 bridgehead atoms. The van der Waals surface area contributed by atoms with Crippen LogP contribution in [0, 0.1) is 0 Å². The molecule has 516 valence electrons. The summed E-state index contributed by atoms with van der Waals surface area (Å²) in [4.78, 5) is 29.6. The van der Waals surface area contributed by atoms with E-state index in [1.807, 2.05) is 146 Å². The fraction of sp³-hybridized carbons (Fsp3) is 0. The van der Waals surface area contributed by atoms with Gasteiger partial charge in [-0.2, -0.15) is 0 Å². The first-order chi connectivity index (χ1) is 54.5. The van der Waals surface area contributed by atoms with E-state index < -0.39 is 0 Å². The number of para-hydroxylation sites is 2. The summed E-state index contributed by atoms with van der Waals surface area (Å²) in [6, 6.07) is 139. The Morgan fingerprint density at radius 1 is 0.145 bits per heavy atom. The monoisotopic (exact) mass is 1410 g/mol. The summed E-state index contributed by atoms with van der Waals surface area (Å²) < 4.78 is 13.3. The fourth-order valence-electron chi connectivity index (χ4n) is 14.9. The van der Waals surface area contributed by atoms with Crippen molar-refractivity contribution in [3.63, 3.8) is 0 Å². The molecule has 8 heteroatoms. The van der Waals surface area contributed by atoms with Gasteiger partial charge in [0.1, 0.15) is 22.3 Å².